The van der Waals surface area contributed by atoms with E-state index in [-0.39, 0.29) is 11.5 Å². The summed E-state index contributed by atoms with van der Waals surface area (Å²) < 4.78 is 2.08. The van der Waals surface area contributed by atoms with Crippen LogP contribution in [0.3, 0.4) is 0 Å². The summed E-state index contributed by atoms with van der Waals surface area (Å²) in [4.78, 5) is 15.1. The Bertz CT molecular complexity index is 1170. The second kappa shape index (κ2) is 9.02. The lowest BCUT2D eigenvalue weighted by atomic mass is 9.95. The number of hydrogen-bond acceptors (Lipinski definition) is 6. The first kappa shape index (κ1) is 21.9. The van der Waals surface area contributed by atoms with Crippen molar-refractivity contribution in [3.8, 4) is 11.4 Å². The van der Waals surface area contributed by atoms with Crippen LogP contribution in [0.5, 0.6) is 0 Å². The number of fused-ring (bicyclic) bond motifs is 1. The second-order valence-corrected chi connectivity index (χ2v) is 10.4. The highest BCUT2D eigenvalue weighted by Crippen LogP contribution is 2.44. The number of aromatic nitrogens is 3. The first-order valence-corrected chi connectivity index (χ1v) is 11.9. The third kappa shape index (κ3) is 4.95. The van der Waals surface area contributed by atoms with Crippen LogP contribution in [0.4, 0.5) is 5.82 Å². The molecule has 0 radical (unpaired) electrons. The average Bonchev–Trinajstić information content (AvgIpc) is 3.10. The van der Waals surface area contributed by atoms with Crippen molar-refractivity contribution in [2.24, 2.45) is 5.73 Å². The summed E-state index contributed by atoms with van der Waals surface area (Å²) in [5, 5.41) is 3.51. The molecule has 3 heterocycles. The van der Waals surface area contributed by atoms with Crippen molar-refractivity contribution >= 4 is 43.3 Å². The van der Waals surface area contributed by atoms with E-state index in [0.717, 1.165) is 32.5 Å². The Morgan fingerprint density at radius 3 is 2.45 bits per heavy atom. The van der Waals surface area contributed by atoms with E-state index in [0.29, 0.717) is 12.4 Å². The molecule has 1 atom stereocenters. The maximum atomic E-state index is 6.43. The Morgan fingerprint density at radius 1 is 1.06 bits per heavy atom. The summed E-state index contributed by atoms with van der Waals surface area (Å²) in [5.41, 5.74) is 9.53. The highest BCUT2D eigenvalue weighted by Gasteiger charge is 2.25. The molecule has 1 unspecified atom stereocenters. The Hall–Kier alpha value is -2.35. The molecule has 4 aromatic rings. The molecule has 3 aromatic heterocycles. The topological polar surface area (TPSA) is 76.7 Å². The van der Waals surface area contributed by atoms with Gasteiger partial charge < -0.3 is 11.1 Å². The van der Waals surface area contributed by atoms with Crippen LogP contribution in [0, 0.1) is 0 Å². The van der Waals surface area contributed by atoms with Crippen molar-refractivity contribution in [1.82, 2.24) is 15.0 Å². The first-order valence-electron chi connectivity index (χ1n) is 10.3. The molecule has 5 nitrogen and oxygen atoms in total. The molecule has 0 saturated heterocycles. The molecule has 0 fully saturated rings. The van der Waals surface area contributed by atoms with Crippen LogP contribution < -0.4 is 11.1 Å². The molecule has 0 aliphatic rings. The van der Waals surface area contributed by atoms with Crippen LogP contribution in [-0.4, -0.2) is 27.5 Å². The van der Waals surface area contributed by atoms with Gasteiger partial charge in [-0.3, -0.25) is 4.98 Å². The average molecular weight is 496 g/mol. The second-order valence-electron chi connectivity index (χ2n) is 8.64. The SMILES string of the molecule is CC(C)(C)c1sc2c(NCC(N)Cc3ccccc3)nc(-c3ccncc3)nc2c1Br. The van der Waals surface area contributed by atoms with Gasteiger partial charge in [-0.15, -0.1) is 11.3 Å². The Balaban J connectivity index is 1.70. The normalized spacial score (nSPS) is 12.8. The number of nitrogens with two attached hydrogens (primary N) is 1. The minimum absolute atomic E-state index is 0.00200. The van der Waals surface area contributed by atoms with Crippen molar-refractivity contribution in [1.29, 1.82) is 0 Å². The largest absolute Gasteiger partial charge is 0.367 e. The first-order chi connectivity index (χ1) is 14.8. The fourth-order valence-corrected chi connectivity index (χ4v) is 5.81. The Kier molecular flexibility index (Phi) is 6.36. The number of pyridine rings is 1. The minimum Gasteiger partial charge on any atom is -0.367 e. The number of rotatable bonds is 6. The van der Waals surface area contributed by atoms with Crippen LogP contribution in [-0.2, 0) is 11.8 Å². The molecule has 160 valence electrons. The molecule has 31 heavy (non-hydrogen) atoms. The zero-order chi connectivity index (χ0) is 22.0. The van der Waals surface area contributed by atoms with Gasteiger partial charge in [-0.25, -0.2) is 9.97 Å². The molecule has 0 amide bonds. The van der Waals surface area contributed by atoms with Gasteiger partial charge in [0, 0.05) is 35.4 Å². The van der Waals surface area contributed by atoms with Crippen LogP contribution in [0.25, 0.3) is 21.6 Å². The van der Waals surface area contributed by atoms with Crippen LogP contribution in [0.15, 0.2) is 59.3 Å². The molecule has 0 saturated carbocycles. The monoisotopic (exact) mass is 495 g/mol. The highest BCUT2D eigenvalue weighted by atomic mass is 79.9. The summed E-state index contributed by atoms with van der Waals surface area (Å²) in [5.74, 6) is 1.49. The van der Waals surface area contributed by atoms with E-state index in [9.17, 15) is 0 Å². The van der Waals surface area contributed by atoms with Crippen molar-refractivity contribution in [2.45, 2.75) is 38.6 Å². The quantitative estimate of drug-likeness (QED) is 0.353. The van der Waals surface area contributed by atoms with Gasteiger partial charge in [0.25, 0.3) is 0 Å². The van der Waals surface area contributed by atoms with Gasteiger partial charge in [-0.05, 0) is 45.5 Å². The van der Waals surface area contributed by atoms with E-state index >= 15 is 0 Å². The smallest absolute Gasteiger partial charge is 0.162 e. The molecule has 3 N–H and O–H groups in total. The number of halogens is 1. The van der Waals surface area contributed by atoms with Gasteiger partial charge >= 0.3 is 0 Å². The molecule has 1 aromatic carbocycles. The highest BCUT2D eigenvalue weighted by molar-refractivity contribution is 9.10. The van der Waals surface area contributed by atoms with Crippen molar-refractivity contribution in [3.05, 3.63) is 69.8 Å². The van der Waals surface area contributed by atoms with E-state index in [1.165, 1.54) is 10.4 Å². The zero-order valence-corrected chi connectivity index (χ0v) is 20.3. The van der Waals surface area contributed by atoms with Gasteiger partial charge in [-0.2, -0.15) is 0 Å². The number of benzene rings is 1. The Labute approximate surface area is 195 Å². The van der Waals surface area contributed by atoms with Gasteiger partial charge in [0.2, 0.25) is 0 Å². The molecule has 7 heteroatoms. The van der Waals surface area contributed by atoms with Gasteiger partial charge in [0.15, 0.2) is 5.82 Å². The fourth-order valence-electron chi connectivity index (χ4n) is 3.40. The molecule has 4 rings (SSSR count). The molecule has 0 spiro atoms. The van der Waals surface area contributed by atoms with Crippen LogP contribution in [0.1, 0.15) is 31.2 Å². The maximum Gasteiger partial charge on any atom is 0.162 e. The van der Waals surface area contributed by atoms with Crippen LogP contribution >= 0.6 is 27.3 Å². The van der Waals surface area contributed by atoms with E-state index in [4.69, 9.17) is 15.7 Å². The van der Waals surface area contributed by atoms with E-state index in [2.05, 4.69) is 59.1 Å². The summed E-state index contributed by atoms with van der Waals surface area (Å²) in [6.07, 6.45) is 4.32. The number of hydrogen-bond donors (Lipinski definition) is 2. The molecular weight excluding hydrogens is 470 g/mol. The lowest BCUT2D eigenvalue weighted by Crippen LogP contribution is -2.31. The molecule has 0 bridgehead atoms. The summed E-state index contributed by atoms with van der Waals surface area (Å²) in [7, 11) is 0. The lowest BCUT2D eigenvalue weighted by molar-refractivity contribution is 0.601. The molecule has 0 aliphatic carbocycles. The van der Waals surface area contributed by atoms with Crippen molar-refractivity contribution in [3.63, 3.8) is 0 Å². The van der Waals surface area contributed by atoms with Crippen LogP contribution in [0.2, 0.25) is 0 Å². The van der Waals surface area contributed by atoms with Gasteiger partial charge in [0.1, 0.15) is 11.3 Å². The van der Waals surface area contributed by atoms with Gasteiger partial charge in [0.05, 0.1) is 9.17 Å². The van der Waals surface area contributed by atoms with E-state index in [1.807, 2.05) is 30.3 Å². The predicted molar refractivity (Wildman–Crippen MR) is 134 cm³/mol. The van der Waals surface area contributed by atoms with Crippen molar-refractivity contribution < 1.29 is 0 Å². The van der Waals surface area contributed by atoms with Crippen molar-refractivity contribution in [2.75, 3.05) is 11.9 Å². The Morgan fingerprint density at radius 2 is 1.77 bits per heavy atom. The number of anilines is 1. The minimum atomic E-state index is -0.0257. The maximum absolute atomic E-state index is 6.43. The number of nitrogens with zero attached hydrogens (tertiary/aromatic N) is 3. The third-order valence-corrected chi connectivity index (χ3v) is 7.62. The zero-order valence-electron chi connectivity index (χ0n) is 17.9. The molecule has 0 aliphatic heterocycles. The standard InChI is InChI=1S/C24H26BrN5S/c1-24(2,3)21-18(25)19-20(31-21)23(30-22(29-19)16-9-11-27-12-10-16)28-14-17(26)13-15-7-5-4-6-8-15/h4-12,17H,13-14,26H2,1-3H3,(H,28,29,30). The fraction of sp³-hybridized carbons (Fsp3) is 0.292. The van der Waals surface area contributed by atoms with Gasteiger partial charge in [-0.1, -0.05) is 51.1 Å². The lowest BCUT2D eigenvalue weighted by Gasteiger charge is -2.16. The number of nitrogens with one attached hydrogen (secondary N) is 1. The predicted octanol–water partition coefficient (Wildman–Crippen LogP) is 5.80. The van der Waals surface area contributed by atoms with E-state index < -0.39 is 0 Å². The number of thiophene rings is 1. The summed E-state index contributed by atoms with van der Waals surface area (Å²) >= 11 is 5.54. The van der Waals surface area contributed by atoms with E-state index in [1.54, 1.807) is 23.7 Å². The summed E-state index contributed by atoms with van der Waals surface area (Å²) in [6, 6.07) is 14.2. The third-order valence-electron chi connectivity index (χ3n) is 4.97. The molecular formula is C24H26BrN5S. The summed E-state index contributed by atoms with van der Waals surface area (Å²) in [6.45, 7) is 7.25.